The fourth-order valence-corrected chi connectivity index (χ4v) is 0.320. The molecule has 0 aromatic carbocycles. The van der Waals surface area contributed by atoms with Crippen LogP contribution < -0.4 is 0 Å². The smallest absolute Gasteiger partial charge is 0.330 e. The third kappa shape index (κ3) is 5.14. The van der Waals surface area contributed by atoms with Gasteiger partial charge in [-0.1, -0.05) is 0 Å². The van der Waals surface area contributed by atoms with E-state index < -0.39 is 24.0 Å². The van der Waals surface area contributed by atoms with Crippen LogP contribution in [0.4, 0.5) is 0 Å². The molecule has 0 rings (SSSR count). The molecule has 0 fully saturated rings. The zero-order valence-electron chi connectivity index (χ0n) is 8.34. The average Bonchev–Trinajstić information content (AvgIpc) is 2.14. The van der Waals surface area contributed by atoms with Crippen molar-refractivity contribution in [3.05, 3.63) is 12.1 Å². The Balaban J connectivity index is 4.60. The summed E-state index contributed by atoms with van der Waals surface area (Å²) in [4.78, 5) is 21.5. The van der Waals surface area contributed by atoms with E-state index in [-0.39, 0.29) is 6.61 Å². The predicted molar refractivity (Wildman–Crippen MR) is 37.8 cm³/mol. The van der Waals surface area contributed by atoms with E-state index in [1.165, 1.54) is 0 Å². The molecule has 0 spiro atoms. The molecular weight excluding hydrogens is 148 g/mol. The zero-order chi connectivity index (χ0) is 10.4. The molecule has 0 aliphatic heterocycles. The molecule has 62 valence electrons. The first-order valence-corrected chi connectivity index (χ1v) is 2.97. The van der Waals surface area contributed by atoms with Gasteiger partial charge in [-0.15, -0.1) is 0 Å². The monoisotopic (exact) mass is 160 g/mol. The molecule has 4 nitrogen and oxygen atoms in total. The molecule has 0 unspecified atom stereocenters. The summed E-state index contributed by atoms with van der Waals surface area (Å²) >= 11 is 0. The third-order valence-corrected chi connectivity index (χ3v) is 0.727. The van der Waals surface area contributed by atoms with E-state index in [1.54, 1.807) is 6.92 Å². The molecule has 0 aliphatic carbocycles. The normalized spacial score (nSPS) is 14.0. The lowest BCUT2D eigenvalue weighted by Crippen LogP contribution is -2.01. The number of hydrogen-bond acceptors (Lipinski definition) is 4. The van der Waals surface area contributed by atoms with Crippen LogP contribution in [0.3, 0.4) is 0 Å². The summed E-state index contributed by atoms with van der Waals surface area (Å²) in [5, 5.41) is 0. The Bertz CT molecular complexity index is 247. The van der Waals surface area contributed by atoms with Crippen LogP contribution in [0, 0.1) is 0 Å². The van der Waals surface area contributed by atoms with Crippen LogP contribution in [-0.2, 0) is 19.1 Å². The van der Waals surface area contributed by atoms with Crippen molar-refractivity contribution in [2.45, 2.75) is 6.92 Å². The van der Waals surface area contributed by atoms with Gasteiger partial charge >= 0.3 is 11.9 Å². The minimum Gasteiger partial charge on any atom is -0.466 e. The van der Waals surface area contributed by atoms with E-state index in [4.69, 9.17) is 2.74 Å². The SMILES string of the molecule is [2H]/C(C(=O)OC)=C(/[2H])C(=O)OCC. The number of carbonyl (C=O) groups is 2. The van der Waals surface area contributed by atoms with Crippen molar-refractivity contribution < 1.29 is 21.8 Å². The average molecular weight is 160 g/mol. The lowest BCUT2D eigenvalue weighted by Gasteiger charge is -1.93. The highest BCUT2D eigenvalue weighted by molar-refractivity contribution is 5.91. The predicted octanol–water partition coefficient (Wildman–Crippen LogP) is 0.279. The fraction of sp³-hybridized carbons (Fsp3) is 0.429. The van der Waals surface area contributed by atoms with E-state index in [0.29, 0.717) is 0 Å². The summed E-state index contributed by atoms with van der Waals surface area (Å²) in [7, 11) is 1.06. The molecule has 0 bridgehead atoms. The van der Waals surface area contributed by atoms with Crippen molar-refractivity contribution >= 4 is 11.9 Å². The van der Waals surface area contributed by atoms with Gasteiger partial charge in [0.15, 0.2) is 0 Å². The lowest BCUT2D eigenvalue weighted by molar-refractivity contribution is -0.139. The second-order valence-corrected chi connectivity index (χ2v) is 1.46. The van der Waals surface area contributed by atoms with Crippen LogP contribution in [-0.4, -0.2) is 25.7 Å². The van der Waals surface area contributed by atoms with Crippen LogP contribution in [0.15, 0.2) is 12.1 Å². The molecule has 0 aromatic rings. The van der Waals surface area contributed by atoms with Crippen LogP contribution >= 0.6 is 0 Å². The zero-order valence-corrected chi connectivity index (χ0v) is 6.34. The van der Waals surface area contributed by atoms with Gasteiger partial charge in [-0.2, -0.15) is 0 Å². The number of carbonyl (C=O) groups excluding carboxylic acids is 2. The van der Waals surface area contributed by atoms with E-state index in [2.05, 4.69) is 9.47 Å². The maximum atomic E-state index is 10.8. The van der Waals surface area contributed by atoms with Crippen LogP contribution in [0.5, 0.6) is 0 Å². The highest BCUT2D eigenvalue weighted by Gasteiger charge is 1.96. The van der Waals surface area contributed by atoms with Gasteiger partial charge in [-0.05, 0) is 6.92 Å². The molecule has 0 N–H and O–H groups in total. The van der Waals surface area contributed by atoms with E-state index >= 15 is 0 Å². The number of esters is 2. The minimum atomic E-state index is -1.03. The van der Waals surface area contributed by atoms with E-state index in [1.807, 2.05) is 0 Å². The standard InChI is InChI=1S/C7H10O4/c1-3-11-7(9)5-4-6(8)10-2/h4-5H,3H2,1-2H3/b5-4+/i4D,5D. The van der Waals surface area contributed by atoms with Gasteiger partial charge in [0.2, 0.25) is 0 Å². The third-order valence-electron chi connectivity index (χ3n) is 0.727. The first kappa shape index (κ1) is 6.39. The molecule has 0 saturated heterocycles. The molecule has 0 saturated carbocycles. The molecule has 11 heavy (non-hydrogen) atoms. The summed E-state index contributed by atoms with van der Waals surface area (Å²) in [6.45, 7) is 1.66. The van der Waals surface area contributed by atoms with E-state index in [9.17, 15) is 9.59 Å². The second-order valence-electron chi connectivity index (χ2n) is 1.46. The molecular formula is C7H10O4. The van der Waals surface area contributed by atoms with Crippen molar-refractivity contribution in [3.8, 4) is 0 Å². The molecule has 0 aromatic heterocycles. The van der Waals surface area contributed by atoms with Gasteiger partial charge in [0.05, 0.1) is 16.5 Å². The molecule has 0 heterocycles. The van der Waals surface area contributed by atoms with E-state index in [0.717, 1.165) is 7.11 Å². The topological polar surface area (TPSA) is 52.6 Å². The number of rotatable bonds is 3. The van der Waals surface area contributed by atoms with Crippen molar-refractivity contribution in [1.82, 2.24) is 0 Å². The fourth-order valence-electron chi connectivity index (χ4n) is 0.320. The molecule has 0 atom stereocenters. The Labute approximate surface area is 67.6 Å². The molecule has 0 radical (unpaired) electrons. The number of methoxy groups -OCH3 is 1. The van der Waals surface area contributed by atoms with Crippen LogP contribution in [0.25, 0.3) is 0 Å². The Morgan fingerprint density at radius 3 is 2.45 bits per heavy atom. The van der Waals surface area contributed by atoms with Crippen LogP contribution in [0.1, 0.15) is 9.67 Å². The summed E-state index contributed by atoms with van der Waals surface area (Å²) in [6, 6.07) is -1.60. The van der Waals surface area contributed by atoms with Gasteiger partial charge in [0.1, 0.15) is 0 Å². The molecule has 0 amide bonds. The summed E-state index contributed by atoms with van der Waals surface area (Å²) < 4.78 is 22.6. The van der Waals surface area contributed by atoms with Crippen LogP contribution in [0.2, 0.25) is 0 Å². The van der Waals surface area contributed by atoms with Gasteiger partial charge in [-0.25, -0.2) is 9.59 Å². The maximum Gasteiger partial charge on any atom is 0.330 e. The summed E-state index contributed by atoms with van der Waals surface area (Å²) in [6.07, 6.45) is 0. The van der Waals surface area contributed by atoms with Crippen molar-refractivity contribution in [3.63, 3.8) is 0 Å². The second kappa shape index (κ2) is 5.46. The number of ether oxygens (including phenoxy) is 2. The summed E-state index contributed by atoms with van der Waals surface area (Å²) in [5.74, 6) is -2.03. The van der Waals surface area contributed by atoms with Crippen molar-refractivity contribution in [2.24, 2.45) is 0 Å². The van der Waals surface area contributed by atoms with Gasteiger partial charge in [0.25, 0.3) is 0 Å². The first-order valence-electron chi connectivity index (χ1n) is 3.97. The quantitative estimate of drug-likeness (QED) is 0.439. The Morgan fingerprint density at radius 1 is 1.45 bits per heavy atom. The van der Waals surface area contributed by atoms with Crippen molar-refractivity contribution in [1.29, 1.82) is 0 Å². The largest absolute Gasteiger partial charge is 0.466 e. The Morgan fingerprint density at radius 2 is 2.00 bits per heavy atom. The van der Waals surface area contributed by atoms with Gasteiger partial charge < -0.3 is 9.47 Å². The van der Waals surface area contributed by atoms with Crippen molar-refractivity contribution in [2.75, 3.05) is 13.7 Å². The highest BCUT2D eigenvalue weighted by Crippen LogP contribution is 1.82. The lowest BCUT2D eigenvalue weighted by atomic mass is 10.5. The first-order chi connectivity index (χ1) is 6.04. The maximum absolute atomic E-state index is 10.8. The summed E-state index contributed by atoms with van der Waals surface area (Å²) in [5.41, 5.74) is 0. The van der Waals surface area contributed by atoms with Gasteiger partial charge in [0, 0.05) is 12.1 Å². The molecule has 4 heteroatoms. The Kier molecular flexibility index (Phi) is 3.18. The highest BCUT2D eigenvalue weighted by atomic mass is 16.5. The molecule has 0 aliphatic rings. The minimum absolute atomic E-state index is 0.0929. The number of hydrogen-bond donors (Lipinski definition) is 0. The van der Waals surface area contributed by atoms with Gasteiger partial charge in [-0.3, -0.25) is 0 Å². The Hall–Kier alpha value is -1.32.